The van der Waals surface area contributed by atoms with Crippen LogP contribution in [0.5, 0.6) is 0 Å². The molecule has 0 fully saturated rings. The molecule has 0 aliphatic carbocycles. The number of hydrogen-bond donors (Lipinski definition) is 1. The molecule has 1 N–H and O–H groups in total. The van der Waals surface area contributed by atoms with Crippen molar-refractivity contribution in [2.75, 3.05) is 13.2 Å². The standard InChI is InChI=1S/C12H14N2O5S2/c1-3-13-21(16,17)11-6-5-10(20-11)9-7-8(14-19-9)12(15)18-4-2/h5-7,13H,3-4H2,1-2H3. The molecule has 0 saturated heterocycles. The highest BCUT2D eigenvalue weighted by molar-refractivity contribution is 7.91. The van der Waals surface area contributed by atoms with Crippen LogP contribution >= 0.6 is 11.3 Å². The van der Waals surface area contributed by atoms with Gasteiger partial charge in [-0.1, -0.05) is 12.1 Å². The molecule has 21 heavy (non-hydrogen) atoms. The summed E-state index contributed by atoms with van der Waals surface area (Å²) >= 11 is 1.03. The fourth-order valence-electron chi connectivity index (χ4n) is 1.55. The molecule has 0 amide bonds. The number of hydrogen-bond acceptors (Lipinski definition) is 7. The smallest absolute Gasteiger partial charge is 0.360 e. The minimum Gasteiger partial charge on any atom is -0.461 e. The number of thiophene rings is 1. The molecule has 0 bridgehead atoms. The molecule has 9 heteroatoms. The van der Waals surface area contributed by atoms with E-state index in [2.05, 4.69) is 9.88 Å². The number of carbonyl (C=O) groups excluding carboxylic acids is 1. The van der Waals surface area contributed by atoms with Gasteiger partial charge in [0, 0.05) is 12.6 Å². The van der Waals surface area contributed by atoms with Gasteiger partial charge in [0.2, 0.25) is 10.0 Å². The Morgan fingerprint density at radius 3 is 2.86 bits per heavy atom. The van der Waals surface area contributed by atoms with Crippen LogP contribution in [0.3, 0.4) is 0 Å². The van der Waals surface area contributed by atoms with Crippen molar-refractivity contribution in [2.45, 2.75) is 18.1 Å². The first kappa shape index (κ1) is 15.7. The third-order valence-corrected chi connectivity index (χ3v) is 5.56. The van der Waals surface area contributed by atoms with E-state index in [4.69, 9.17) is 9.26 Å². The van der Waals surface area contributed by atoms with Gasteiger partial charge in [0.15, 0.2) is 11.5 Å². The lowest BCUT2D eigenvalue weighted by atomic mass is 10.3. The lowest BCUT2D eigenvalue weighted by Gasteiger charge is -1.99. The molecule has 0 spiro atoms. The Morgan fingerprint density at radius 2 is 2.19 bits per heavy atom. The van der Waals surface area contributed by atoms with Gasteiger partial charge in [0.1, 0.15) is 4.21 Å². The highest BCUT2D eigenvalue weighted by atomic mass is 32.2. The zero-order valence-corrected chi connectivity index (χ0v) is 13.1. The molecule has 2 aromatic heterocycles. The molecule has 0 aliphatic heterocycles. The third kappa shape index (κ3) is 3.49. The van der Waals surface area contributed by atoms with E-state index < -0.39 is 16.0 Å². The van der Waals surface area contributed by atoms with Crippen LogP contribution in [0.2, 0.25) is 0 Å². The summed E-state index contributed by atoms with van der Waals surface area (Å²) in [5.74, 6) is -0.259. The largest absolute Gasteiger partial charge is 0.461 e. The Labute approximate surface area is 126 Å². The van der Waals surface area contributed by atoms with Gasteiger partial charge in [0.25, 0.3) is 0 Å². The second-order valence-corrected chi connectivity index (χ2v) is 6.99. The summed E-state index contributed by atoms with van der Waals surface area (Å²) < 4.78 is 36.1. The average Bonchev–Trinajstić information content (AvgIpc) is 3.08. The van der Waals surface area contributed by atoms with Gasteiger partial charge in [-0.25, -0.2) is 17.9 Å². The monoisotopic (exact) mass is 330 g/mol. The van der Waals surface area contributed by atoms with Gasteiger partial charge >= 0.3 is 5.97 Å². The van der Waals surface area contributed by atoms with E-state index in [0.29, 0.717) is 17.2 Å². The Kier molecular flexibility index (Phi) is 4.76. The van der Waals surface area contributed by atoms with Crippen molar-refractivity contribution in [1.82, 2.24) is 9.88 Å². The number of carbonyl (C=O) groups is 1. The molecule has 0 aliphatic rings. The number of nitrogens with one attached hydrogen (secondary N) is 1. The minimum absolute atomic E-state index is 0.0522. The molecule has 7 nitrogen and oxygen atoms in total. The molecule has 0 aromatic carbocycles. The Hall–Kier alpha value is -1.71. The van der Waals surface area contributed by atoms with E-state index in [9.17, 15) is 13.2 Å². The molecule has 0 radical (unpaired) electrons. The van der Waals surface area contributed by atoms with Crippen molar-refractivity contribution in [3.05, 3.63) is 23.9 Å². The maximum absolute atomic E-state index is 11.9. The summed E-state index contributed by atoms with van der Waals surface area (Å²) in [7, 11) is -3.50. The van der Waals surface area contributed by atoms with Crippen molar-refractivity contribution in [3.8, 4) is 10.6 Å². The maximum atomic E-state index is 11.9. The van der Waals surface area contributed by atoms with E-state index in [-0.39, 0.29) is 16.5 Å². The topological polar surface area (TPSA) is 98.5 Å². The van der Waals surface area contributed by atoms with E-state index in [1.54, 1.807) is 19.9 Å². The molecular weight excluding hydrogens is 316 g/mol. The van der Waals surface area contributed by atoms with E-state index in [0.717, 1.165) is 11.3 Å². The molecule has 0 atom stereocenters. The zero-order valence-electron chi connectivity index (χ0n) is 11.5. The molecule has 0 unspecified atom stereocenters. The van der Waals surface area contributed by atoms with Gasteiger partial charge in [-0.05, 0) is 19.1 Å². The number of ether oxygens (including phenoxy) is 1. The van der Waals surface area contributed by atoms with E-state index >= 15 is 0 Å². The normalized spacial score (nSPS) is 11.5. The minimum atomic E-state index is -3.50. The van der Waals surface area contributed by atoms with Crippen molar-refractivity contribution in [3.63, 3.8) is 0 Å². The molecule has 0 saturated carbocycles. The maximum Gasteiger partial charge on any atom is 0.360 e. The molecule has 2 rings (SSSR count). The summed E-state index contributed by atoms with van der Waals surface area (Å²) in [6, 6.07) is 4.50. The van der Waals surface area contributed by atoms with Crippen LogP contribution in [0.4, 0.5) is 0 Å². The van der Waals surface area contributed by atoms with Gasteiger partial charge in [-0.3, -0.25) is 0 Å². The fraction of sp³-hybridized carbons (Fsp3) is 0.333. The lowest BCUT2D eigenvalue weighted by Crippen LogP contribution is -2.22. The van der Waals surface area contributed by atoms with Crippen LogP contribution in [0.15, 0.2) is 26.9 Å². The second-order valence-electron chi connectivity index (χ2n) is 3.92. The summed E-state index contributed by atoms with van der Waals surface area (Å²) in [6.07, 6.45) is 0. The van der Waals surface area contributed by atoms with E-state index in [1.165, 1.54) is 12.1 Å². The van der Waals surface area contributed by atoms with Crippen LogP contribution < -0.4 is 4.72 Å². The summed E-state index contributed by atoms with van der Waals surface area (Å²) in [5, 5.41) is 3.61. The predicted octanol–water partition coefficient (Wildman–Crippen LogP) is 1.88. The summed E-state index contributed by atoms with van der Waals surface area (Å²) in [6.45, 7) is 3.94. The summed E-state index contributed by atoms with van der Waals surface area (Å²) in [5.41, 5.74) is 0.0522. The van der Waals surface area contributed by atoms with Crippen LogP contribution in [0, 0.1) is 0 Å². The highest BCUT2D eigenvalue weighted by Gasteiger charge is 2.19. The quantitative estimate of drug-likeness (QED) is 0.812. The molecule has 2 aromatic rings. The Morgan fingerprint density at radius 1 is 1.43 bits per heavy atom. The van der Waals surface area contributed by atoms with Crippen molar-refractivity contribution >= 4 is 27.3 Å². The molecular formula is C12H14N2O5S2. The van der Waals surface area contributed by atoms with Gasteiger partial charge in [-0.2, -0.15) is 0 Å². The first-order valence-corrected chi connectivity index (χ1v) is 8.51. The first-order valence-electron chi connectivity index (χ1n) is 6.21. The Bertz CT molecular complexity index is 732. The number of nitrogens with zero attached hydrogens (tertiary/aromatic N) is 1. The predicted molar refractivity (Wildman–Crippen MR) is 76.6 cm³/mol. The number of aromatic nitrogens is 1. The van der Waals surface area contributed by atoms with Crippen molar-refractivity contribution in [1.29, 1.82) is 0 Å². The fourth-order valence-corrected chi connectivity index (χ4v) is 3.89. The lowest BCUT2D eigenvalue weighted by molar-refractivity contribution is 0.0514. The highest BCUT2D eigenvalue weighted by Crippen LogP contribution is 2.31. The third-order valence-electron chi connectivity index (χ3n) is 2.42. The Balaban J connectivity index is 2.24. The number of rotatable bonds is 6. The van der Waals surface area contributed by atoms with Gasteiger partial charge < -0.3 is 9.26 Å². The first-order chi connectivity index (χ1) is 9.97. The molecule has 2 heterocycles. The molecule has 114 valence electrons. The van der Waals surface area contributed by atoms with Crippen molar-refractivity contribution < 1.29 is 22.5 Å². The van der Waals surface area contributed by atoms with Crippen LogP contribution in [0.1, 0.15) is 24.3 Å². The van der Waals surface area contributed by atoms with E-state index in [1.807, 2.05) is 0 Å². The van der Waals surface area contributed by atoms with Gasteiger partial charge in [0.05, 0.1) is 11.5 Å². The van der Waals surface area contributed by atoms with Gasteiger partial charge in [-0.15, -0.1) is 11.3 Å². The number of sulfonamides is 1. The van der Waals surface area contributed by atoms with Crippen LogP contribution in [-0.4, -0.2) is 32.7 Å². The summed E-state index contributed by atoms with van der Waals surface area (Å²) in [4.78, 5) is 12.1. The van der Waals surface area contributed by atoms with Crippen LogP contribution in [0.25, 0.3) is 10.6 Å². The average molecular weight is 330 g/mol. The zero-order chi connectivity index (χ0) is 15.5. The second kappa shape index (κ2) is 6.37. The SMILES string of the molecule is CCNS(=O)(=O)c1ccc(-c2cc(C(=O)OCC)no2)s1. The van der Waals surface area contributed by atoms with Crippen LogP contribution in [-0.2, 0) is 14.8 Å². The number of esters is 1. The van der Waals surface area contributed by atoms with Crippen molar-refractivity contribution in [2.24, 2.45) is 0 Å².